The molecule has 0 aliphatic rings. The normalized spacial score (nSPS) is 10.5. The monoisotopic (exact) mass is 361 g/mol. The average Bonchev–Trinajstić information content (AvgIpc) is 3.18. The zero-order chi connectivity index (χ0) is 19.4. The van der Waals surface area contributed by atoms with Crippen LogP contribution in [-0.2, 0) is 4.79 Å². The maximum atomic E-state index is 12.7. The molecule has 2 amide bonds. The van der Waals surface area contributed by atoms with Crippen LogP contribution in [0, 0.1) is 13.8 Å². The molecule has 3 rings (SSSR count). The van der Waals surface area contributed by atoms with Gasteiger partial charge in [0.1, 0.15) is 0 Å². The fourth-order valence-electron chi connectivity index (χ4n) is 2.86. The van der Waals surface area contributed by atoms with Crippen molar-refractivity contribution in [3.8, 4) is 5.69 Å². The molecule has 0 aliphatic heterocycles. The Morgan fingerprint density at radius 1 is 1.00 bits per heavy atom. The lowest BCUT2D eigenvalue weighted by molar-refractivity contribution is -0.116. The SMILES string of the molecule is Cc1ccc(NC(=O)CN(C)C(=O)c2ccc(C)c(-n3cccc3)c2)cc1. The molecular weight excluding hydrogens is 338 g/mol. The Kier molecular flexibility index (Phi) is 5.41. The van der Waals surface area contributed by atoms with Crippen molar-refractivity contribution < 1.29 is 9.59 Å². The highest BCUT2D eigenvalue weighted by atomic mass is 16.2. The number of carbonyl (C=O) groups is 2. The number of carbonyl (C=O) groups excluding carboxylic acids is 2. The largest absolute Gasteiger partial charge is 0.332 e. The molecule has 0 radical (unpaired) electrons. The van der Waals surface area contributed by atoms with Crippen molar-refractivity contribution >= 4 is 17.5 Å². The van der Waals surface area contributed by atoms with Gasteiger partial charge in [0.05, 0.1) is 6.54 Å². The van der Waals surface area contributed by atoms with Crippen LogP contribution < -0.4 is 5.32 Å². The second-order valence-electron chi connectivity index (χ2n) is 6.67. The maximum Gasteiger partial charge on any atom is 0.254 e. The van der Waals surface area contributed by atoms with E-state index in [1.807, 2.05) is 79.3 Å². The van der Waals surface area contributed by atoms with E-state index in [0.29, 0.717) is 5.56 Å². The van der Waals surface area contributed by atoms with Gasteiger partial charge in [0.25, 0.3) is 5.91 Å². The summed E-state index contributed by atoms with van der Waals surface area (Å²) in [7, 11) is 1.63. The number of hydrogen-bond donors (Lipinski definition) is 1. The van der Waals surface area contributed by atoms with Crippen LogP contribution in [0.4, 0.5) is 5.69 Å². The summed E-state index contributed by atoms with van der Waals surface area (Å²) in [6, 6.07) is 17.0. The van der Waals surface area contributed by atoms with Crippen LogP contribution in [0.25, 0.3) is 5.69 Å². The molecule has 3 aromatic rings. The number of likely N-dealkylation sites (N-methyl/N-ethyl adjacent to an activating group) is 1. The number of aryl methyl sites for hydroxylation is 2. The van der Waals surface area contributed by atoms with Gasteiger partial charge < -0.3 is 14.8 Å². The van der Waals surface area contributed by atoms with Gasteiger partial charge >= 0.3 is 0 Å². The van der Waals surface area contributed by atoms with E-state index >= 15 is 0 Å². The Bertz CT molecular complexity index is 944. The van der Waals surface area contributed by atoms with Crippen LogP contribution in [0.2, 0.25) is 0 Å². The standard InChI is InChI=1S/C22H23N3O2/c1-16-6-10-19(11-7-16)23-21(26)15-24(3)22(27)18-9-8-17(2)20(14-18)25-12-4-5-13-25/h4-14H,15H2,1-3H3,(H,23,26). The molecule has 1 N–H and O–H groups in total. The molecule has 0 atom stereocenters. The number of hydrogen-bond acceptors (Lipinski definition) is 2. The molecule has 0 aliphatic carbocycles. The first-order valence-electron chi connectivity index (χ1n) is 8.80. The van der Waals surface area contributed by atoms with Crippen LogP contribution in [0.1, 0.15) is 21.5 Å². The van der Waals surface area contributed by atoms with Crippen molar-refractivity contribution in [2.75, 3.05) is 18.9 Å². The molecule has 5 nitrogen and oxygen atoms in total. The van der Waals surface area contributed by atoms with Gasteiger partial charge in [-0.1, -0.05) is 23.8 Å². The van der Waals surface area contributed by atoms with Crippen molar-refractivity contribution in [3.05, 3.63) is 83.7 Å². The fraction of sp³-hybridized carbons (Fsp3) is 0.182. The third-order valence-corrected chi connectivity index (χ3v) is 4.40. The molecular formula is C22H23N3O2. The van der Waals surface area contributed by atoms with Gasteiger partial charge in [0.15, 0.2) is 0 Å². The first kappa shape index (κ1) is 18.5. The number of amides is 2. The topological polar surface area (TPSA) is 54.3 Å². The van der Waals surface area contributed by atoms with Crippen LogP contribution in [0.15, 0.2) is 67.0 Å². The second kappa shape index (κ2) is 7.91. The van der Waals surface area contributed by atoms with Gasteiger partial charge in [-0.05, 0) is 55.8 Å². The molecule has 0 spiro atoms. The number of nitrogens with one attached hydrogen (secondary N) is 1. The number of benzene rings is 2. The lowest BCUT2D eigenvalue weighted by Gasteiger charge is -2.18. The van der Waals surface area contributed by atoms with Gasteiger partial charge in [-0.15, -0.1) is 0 Å². The molecule has 0 saturated carbocycles. The van der Waals surface area contributed by atoms with Crippen LogP contribution in [-0.4, -0.2) is 34.9 Å². The van der Waals surface area contributed by atoms with E-state index in [1.54, 1.807) is 13.1 Å². The molecule has 0 bridgehead atoms. The molecule has 1 heterocycles. The maximum absolute atomic E-state index is 12.7. The van der Waals surface area contributed by atoms with Gasteiger partial charge in [-0.25, -0.2) is 0 Å². The van der Waals surface area contributed by atoms with Gasteiger partial charge in [-0.2, -0.15) is 0 Å². The van der Waals surface area contributed by atoms with Crippen LogP contribution in [0.5, 0.6) is 0 Å². The van der Waals surface area contributed by atoms with E-state index in [9.17, 15) is 9.59 Å². The highest BCUT2D eigenvalue weighted by Crippen LogP contribution is 2.17. The van der Waals surface area contributed by atoms with Crippen molar-refractivity contribution in [2.45, 2.75) is 13.8 Å². The Hall–Kier alpha value is -3.34. The first-order chi connectivity index (χ1) is 12.9. The van der Waals surface area contributed by atoms with E-state index < -0.39 is 0 Å². The summed E-state index contributed by atoms with van der Waals surface area (Å²) in [6.45, 7) is 3.98. The quantitative estimate of drug-likeness (QED) is 0.751. The zero-order valence-electron chi connectivity index (χ0n) is 15.8. The Morgan fingerprint density at radius 3 is 2.33 bits per heavy atom. The van der Waals surface area contributed by atoms with E-state index in [4.69, 9.17) is 0 Å². The molecule has 0 unspecified atom stereocenters. The summed E-state index contributed by atoms with van der Waals surface area (Å²) in [6.07, 6.45) is 3.88. The second-order valence-corrected chi connectivity index (χ2v) is 6.67. The van der Waals surface area contributed by atoms with Gasteiger partial charge in [-0.3, -0.25) is 9.59 Å². The first-order valence-corrected chi connectivity index (χ1v) is 8.80. The van der Waals surface area contributed by atoms with Crippen LogP contribution in [0.3, 0.4) is 0 Å². The summed E-state index contributed by atoms with van der Waals surface area (Å²) < 4.78 is 1.97. The zero-order valence-corrected chi connectivity index (χ0v) is 15.8. The number of nitrogens with zero attached hydrogens (tertiary/aromatic N) is 2. The molecule has 2 aromatic carbocycles. The highest BCUT2D eigenvalue weighted by Gasteiger charge is 2.16. The minimum absolute atomic E-state index is 0.0144. The van der Waals surface area contributed by atoms with Crippen molar-refractivity contribution in [3.63, 3.8) is 0 Å². The number of rotatable bonds is 5. The molecule has 0 fully saturated rings. The minimum atomic E-state index is -0.229. The fourth-order valence-corrected chi connectivity index (χ4v) is 2.86. The third-order valence-electron chi connectivity index (χ3n) is 4.40. The Balaban J connectivity index is 1.69. The molecule has 1 aromatic heterocycles. The van der Waals surface area contributed by atoms with E-state index in [2.05, 4.69) is 5.32 Å². The van der Waals surface area contributed by atoms with Crippen molar-refractivity contribution in [1.82, 2.24) is 9.47 Å². The lowest BCUT2D eigenvalue weighted by Crippen LogP contribution is -2.35. The summed E-state index contributed by atoms with van der Waals surface area (Å²) in [5, 5.41) is 2.81. The minimum Gasteiger partial charge on any atom is -0.332 e. The van der Waals surface area contributed by atoms with Gasteiger partial charge in [0, 0.05) is 36.4 Å². The number of aromatic nitrogens is 1. The molecule has 0 saturated heterocycles. The average molecular weight is 361 g/mol. The Morgan fingerprint density at radius 2 is 1.67 bits per heavy atom. The third kappa shape index (κ3) is 4.44. The Labute approximate surface area is 159 Å². The lowest BCUT2D eigenvalue weighted by atomic mass is 10.1. The summed E-state index contributed by atoms with van der Waals surface area (Å²) in [4.78, 5) is 26.4. The predicted molar refractivity (Wildman–Crippen MR) is 107 cm³/mol. The highest BCUT2D eigenvalue weighted by molar-refractivity contribution is 5.99. The van der Waals surface area contributed by atoms with E-state index in [0.717, 1.165) is 22.5 Å². The van der Waals surface area contributed by atoms with Crippen molar-refractivity contribution in [1.29, 1.82) is 0 Å². The number of anilines is 1. The summed E-state index contributed by atoms with van der Waals surface area (Å²) >= 11 is 0. The molecule has 138 valence electrons. The van der Waals surface area contributed by atoms with Crippen LogP contribution >= 0.6 is 0 Å². The summed E-state index contributed by atoms with van der Waals surface area (Å²) in [5.74, 6) is -0.421. The smallest absolute Gasteiger partial charge is 0.254 e. The summed E-state index contributed by atoms with van der Waals surface area (Å²) in [5.41, 5.74) is 4.41. The van der Waals surface area contributed by atoms with Crippen molar-refractivity contribution in [2.24, 2.45) is 0 Å². The molecule has 27 heavy (non-hydrogen) atoms. The predicted octanol–water partition coefficient (Wildman–Crippen LogP) is 3.80. The van der Waals surface area contributed by atoms with E-state index in [1.165, 1.54) is 4.90 Å². The van der Waals surface area contributed by atoms with Gasteiger partial charge in [0.2, 0.25) is 5.91 Å². The van der Waals surface area contributed by atoms with E-state index in [-0.39, 0.29) is 18.4 Å². The molecule has 5 heteroatoms.